The van der Waals surface area contributed by atoms with E-state index in [1.165, 1.54) is 25.4 Å². The number of benzene rings is 1. The number of hydrogen-bond donors (Lipinski definition) is 1. The van der Waals surface area contributed by atoms with E-state index in [2.05, 4.69) is 19.9 Å². The van der Waals surface area contributed by atoms with Gasteiger partial charge in [-0.3, -0.25) is 4.90 Å². The van der Waals surface area contributed by atoms with Gasteiger partial charge in [-0.25, -0.2) is 14.8 Å². The zero-order valence-electron chi connectivity index (χ0n) is 16.8. The topological polar surface area (TPSA) is 71.1 Å². The molecule has 31 heavy (non-hydrogen) atoms. The number of aromatic nitrogens is 3. The van der Waals surface area contributed by atoms with E-state index in [0.29, 0.717) is 23.8 Å². The summed E-state index contributed by atoms with van der Waals surface area (Å²) in [6.45, 7) is 1.29. The van der Waals surface area contributed by atoms with Crippen LogP contribution in [0.2, 0.25) is 0 Å². The second-order valence-corrected chi connectivity index (χ2v) is 7.36. The molecular weight excluding hydrogens is 409 g/mol. The quantitative estimate of drug-likeness (QED) is 0.599. The van der Waals surface area contributed by atoms with Crippen LogP contribution in [0.4, 0.5) is 13.2 Å². The monoisotopic (exact) mass is 430 g/mol. The van der Waals surface area contributed by atoms with Gasteiger partial charge in [0.25, 0.3) is 0 Å². The van der Waals surface area contributed by atoms with E-state index in [4.69, 9.17) is 4.74 Å². The lowest BCUT2D eigenvalue weighted by molar-refractivity contribution is -0.137. The molecule has 0 bridgehead atoms. The molecule has 0 aliphatic carbocycles. The maximum absolute atomic E-state index is 13.4. The van der Waals surface area contributed by atoms with Crippen LogP contribution < -0.4 is 0 Å². The number of alkyl halides is 3. The van der Waals surface area contributed by atoms with Crippen LogP contribution >= 0.6 is 0 Å². The van der Waals surface area contributed by atoms with E-state index < -0.39 is 17.7 Å². The first-order chi connectivity index (χ1) is 14.9. The third-order valence-electron chi connectivity index (χ3n) is 5.36. The molecule has 1 unspecified atom stereocenters. The van der Waals surface area contributed by atoms with Crippen LogP contribution in [0, 0.1) is 0 Å². The number of hydrogen-bond acceptors (Lipinski definition) is 5. The van der Waals surface area contributed by atoms with Crippen molar-refractivity contribution in [3.63, 3.8) is 0 Å². The highest BCUT2D eigenvalue weighted by molar-refractivity contribution is 5.87. The average Bonchev–Trinajstić information content (AvgIpc) is 3.42. The number of aromatic amines is 1. The Kier molecular flexibility index (Phi) is 5.77. The Morgan fingerprint density at radius 2 is 2.03 bits per heavy atom. The van der Waals surface area contributed by atoms with Crippen molar-refractivity contribution < 1.29 is 22.7 Å². The summed E-state index contributed by atoms with van der Waals surface area (Å²) in [7, 11) is 1.30. The summed E-state index contributed by atoms with van der Waals surface area (Å²) in [4.78, 5) is 25.7. The molecule has 0 radical (unpaired) electrons. The number of nitrogens with one attached hydrogen (secondary N) is 1. The van der Waals surface area contributed by atoms with Crippen molar-refractivity contribution in [3.05, 3.63) is 71.4 Å². The summed E-state index contributed by atoms with van der Waals surface area (Å²) in [6, 6.07) is 10.5. The van der Waals surface area contributed by atoms with Gasteiger partial charge in [-0.05, 0) is 37.6 Å². The molecular formula is C22H21F3N4O2. The van der Waals surface area contributed by atoms with Gasteiger partial charge in [-0.1, -0.05) is 24.3 Å². The number of esters is 1. The average molecular weight is 430 g/mol. The lowest BCUT2D eigenvalue weighted by atomic mass is 10.0. The number of nitrogens with zero attached hydrogens (tertiary/aromatic N) is 3. The van der Waals surface area contributed by atoms with Crippen LogP contribution in [0.15, 0.2) is 48.7 Å². The van der Waals surface area contributed by atoms with E-state index in [1.807, 2.05) is 6.07 Å². The molecule has 0 amide bonds. The van der Waals surface area contributed by atoms with E-state index in [0.717, 1.165) is 25.5 Å². The molecule has 1 atom stereocenters. The molecule has 4 rings (SSSR count). The van der Waals surface area contributed by atoms with Crippen molar-refractivity contribution in [3.8, 4) is 11.3 Å². The molecule has 162 valence electrons. The Labute approximate surface area is 177 Å². The van der Waals surface area contributed by atoms with Crippen LogP contribution in [-0.4, -0.2) is 39.5 Å². The molecule has 3 aromatic rings. The summed E-state index contributed by atoms with van der Waals surface area (Å²) in [5.74, 6) is 0.118. The van der Waals surface area contributed by atoms with E-state index in [1.54, 1.807) is 18.2 Å². The minimum absolute atomic E-state index is 0.0737. The molecule has 9 heteroatoms. The summed E-state index contributed by atoms with van der Waals surface area (Å²) in [5, 5.41) is 0. The summed E-state index contributed by atoms with van der Waals surface area (Å²) >= 11 is 0. The molecule has 1 fully saturated rings. The number of pyridine rings is 1. The van der Waals surface area contributed by atoms with Crippen LogP contribution in [0.3, 0.4) is 0 Å². The van der Waals surface area contributed by atoms with Gasteiger partial charge in [0.1, 0.15) is 11.5 Å². The third-order valence-corrected chi connectivity index (χ3v) is 5.36. The highest BCUT2D eigenvalue weighted by Crippen LogP contribution is 2.38. The SMILES string of the molecule is COC(=O)c1cccc(CN2CCCC2c2ncc(-c3ccccc3C(F)(F)F)[nH]2)n1. The Hall–Kier alpha value is -3.20. The van der Waals surface area contributed by atoms with Crippen molar-refractivity contribution >= 4 is 5.97 Å². The maximum atomic E-state index is 13.4. The predicted molar refractivity (Wildman–Crippen MR) is 107 cm³/mol. The fraction of sp³-hybridized carbons (Fsp3) is 0.318. The fourth-order valence-corrected chi connectivity index (χ4v) is 3.93. The van der Waals surface area contributed by atoms with Gasteiger partial charge in [0.2, 0.25) is 0 Å². The van der Waals surface area contributed by atoms with Crippen LogP contribution in [0.25, 0.3) is 11.3 Å². The number of carbonyl (C=O) groups is 1. The fourth-order valence-electron chi connectivity index (χ4n) is 3.93. The van der Waals surface area contributed by atoms with E-state index in [-0.39, 0.29) is 17.3 Å². The molecule has 1 aliphatic heterocycles. The van der Waals surface area contributed by atoms with Crippen LogP contribution in [0.1, 0.15) is 46.5 Å². The van der Waals surface area contributed by atoms with Gasteiger partial charge >= 0.3 is 12.1 Å². The molecule has 0 saturated carbocycles. The summed E-state index contributed by atoms with van der Waals surface area (Å²) in [6.07, 6.45) is -1.24. The van der Waals surface area contributed by atoms with Gasteiger partial charge in [0, 0.05) is 12.1 Å². The first-order valence-electron chi connectivity index (χ1n) is 9.86. The van der Waals surface area contributed by atoms with Crippen molar-refractivity contribution in [1.82, 2.24) is 19.9 Å². The summed E-state index contributed by atoms with van der Waals surface area (Å²) < 4.78 is 44.9. The number of likely N-dealkylation sites (tertiary alicyclic amines) is 1. The molecule has 1 aliphatic rings. The van der Waals surface area contributed by atoms with Crippen LogP contribution in [-0.2, 0) is 17.5 Å². The predicted octanol–water partition coefficient (Wildman–Crippen LogP) is 4.61. The normalized spacial score (nSPS) is 17.1. The molecule has 6 nitrogen and oxygen atoms in total. The van der Waals surface area contributed by atoms with Crippen molar-refractivity contribution in [2.24, 2.45) is 0 Å². The van der Waals surface area contributed by atoms with E-state index >= 15 is 0 Å². The van der Waals surface area contributed by atoms with Gasteiger partial charge in [0.15, 0.2) is 0 Å². The van der Waals surface area contributed by atoms with Crippen molar-refractivity contribution in [2.75, 3.05) is 13.7 Å². The largest absolute Gasteiger partial charge is 0.464 e. The number of methoxy groups -OCH3 is 1. The minimum Gasteiger partial charge on any atom is -0.464 e. The molecule has 1 N–H and O–H groups in total. The molecule has 2 aromatic heterocycles. The smallest absolute Gasteiger partial charge is 0.417 e. The Morgan fingerprint density at radius 1 is 1.23 bits per heavy atom. The van der Waals surface area contributed by atoms with Crippen LogP contribution in [0.5, 0.6) is 0 Å². The lowest BCUT2D eigenvalue weighted by Crippen LogP contribution is -2.24. The number of halogens is 3. The Bertz CT molecular complexity index is 1080. The lowest BCUT2D eigenvalue weighted by Gasteiger charge is -2.22. The van der Waals surface area contributed by atoms with Gasteiger partial charge < -0.3 is 9.72 Å². The van der Waals surface area contributed by atoms with Crippen molar-refractivity contribution in [1.29, 1.82) is 0 Å². The first-order valence-corrected chi connectivity index (χ1v) is 9.86. The van der Waals surface area contributed by atoms with E-state index in [9.17, 15) is 18.0 Å². The Morgan fingerprint density at radius 3 is 2.81 bits per heavy atom. The van der Waals surface area contributed by atoms with Gasteiger partial charge in [-0.2, -0.15) is 13.2 Å². The number of carbonyl (C=O) groups excluding carboxylic acids is 1. The first kappa shape index (κ1) is 21.0. The van der Waals surface area contributed by atoms with Gasteiger partial charge in [-0.15, -0.1) is 0 Å². The maximum Gasteiger partial charge on any atom is 0.417 e. The second-order valence-electron chi connectivity index (χ2n) is 7.36. The zero-order valence-corrected chi connectivity index (χ0v) is 16.8. The number of H-pyrrole nitrogens is 1. The standard InChI is InChI=1S/C22H21F3N4O2/c1-31-21(30)17-9-4-6-14(27-17)13-29-11-5-10-19(29)20-26-12-18(28-20)15-7-2-3-8-16(15)22(23,24)25/h2-4,6-9,12,19H,5,10-11,13H2,1H3,(H,26,28). The highest BCUT2D eigenvalue weighted by atomic mass is 19.4. The molecule has 1 aromatic carbocycles. The second kappa shape index (κ2) is 8.50. The highest BCUT2D eigenvalue weighted by Gasteiger charge is 2.34. The molecule has 1 saturated heterocycles. The van der Waals surface area contributed by atoms with Gasteiger partial charge in [0.05, 0.1) is 36.3 Å². The Balaban J connectivity index is 1.56. The summed E-state index contributed by atoms with van der Waals surface area (Å²) in [5.41, 5.74) is 0.660. The number of imidazole rings is 1. The zero-order chi connectivity index (χ0) is 22.0. The van der Waals surface area contributed by atoms with Crippen molar-refractivity contribution in [2.45, 2.75) is 31.6 Å². The number of ether oxygens (including phenoxy) is 1. The minimum atomic E-state index is -4.45. The molecule has 3 heterocycles. The third kappa shape index (κ3) is 4.46. The molecule has 0 spiro atoms. The number of rotatable bonds is 5.